The van der Waals surface area contributed by atoms with Crippen molar-refractivity contribution in [1.29, 1.82) is 0 Å². The summed E-state index contributed by atoms with van der Waals surface area (Å²) >= 11 is 0. The molecule has 4 aromatic carbocycles. The van der Waals surface area contributed by atoms with Crippen LogP contribution in [-0.4, -0.2) is 27.3 Å². The van der Waals surface area contributed by atoms with Crippen LogP contribution in [0.4, 0.5) is 11.4 Å². The summed E-state index contributed by atoms with van der Waals surface area (Å²) in [5, 5.41) is 16.9. The van der Waals surface area contributed by atoms with E-state index in [0.29, 0.717) is 12.2 Å². The van der Waals surface area contributed by atoms with E-state index in [9.17, 15) is 14.7 Å². The number of para-hydroxylation sites is 1. The Morgan fingerprint density at radius 1 is 0.941 bits per heavy atom. The predicted octanol–water partition coefficient (Wildman–Crippen LogP) is 5.47. The molecule has 0 saturated carbocycles. The van der Waals surface area contributed by atoms with Gasteiger partial charge in [0.25, 0.3) is 0 Å². The third kappa shape index (κ3) is 3.90. The number of aryl methyl sites for hydroxylation is 1. The standard InChI is InChI=1S/C28H23N3O3/c1-19-23-7-3-2-6-21(23)12-15-26(19)30(18-32)22-13-10-20(11-14-22)17-31-27-9-5-4-8-24(27)25(29-31)16-28(33)34/h2-15,18H,16-17H2,1H3,(H,33,34). The molecule has 34 heavy (non-hydrogen) atoms. The SMILES string of the molecule is Cc1c(N(C=O)c2ccc(Cn3nc(CC(=O)O)c4ccccc43)cc2)ccc2ccccc12. The van der Waals surface area contributed by atoms with Gasteiger partial charge < -0.3 is 5.11 Å². The number of aliphatic carboxylic acids is 1. The summed E-state index contributed by atoms with van der Waals surface area (Å²) in [5.74, 6) is -0.905. The number of carbonyl (C=O) groups is 2. The van der Waals surface area contributed by atoms with Crippen molar-refractivity contribution >= 4 is 45.4 Å². The maximum Gasteiger partial charge on any atom is 0.309 e. The lowest BCUT2D eigenvalue weighted by atomic mass is 10.0. The lowest BCUT2D eigenvalue weighted by Crippen LogP contribution is -2.15. The molecule has 0 bridgehead atoms. The molecule has 0 fully saturated rings. The maximum atomic E-state index is 12.1. The number of carboxylic acid groups (broad SMARTS) is 1. The van der Waals surface area contributed by atoms with Gasteiger partial charge in [-0.2, -0.15) is 5.10 Å². The van der Waals surface area contributed by atoms with Crippen LogP contribution in [0.2, 0.25) is 0 Å². The second kappa shape index (κ2) is 8.83. The number of fused-ring (bicyclic) bond motifs is 2. The van der Waals surface area contributed by atoms with Gasteiger partial charge in [-0.15, -0.1) is 0 Å². The van der Waals surface area contributed by atoms with E-state index in [0.717, 1.165) is 50.6 Å². The summed E-state index contributed by atoms with van der Waals surface area (Å²) in [4.78, 5) is 25.0. The van der Waals surface area contributed by atoms with E-state index < -0.39 is 5.97 Å². The summed E-state index contributed by atoms with van der Waals surface area (Å²) in [6.45, 7) is 2.52. The summed E-state index contributed by atoms with van der Waals surface area (Å²) in [6.07, 6.45) is 0.719. The molecular weight excluding hydrogens is 426 g/mol. The smallest absolute Gasteiger partial charge is 0.309 e. The summed E-state index contributed by atoms with van der Waals surface area (Å²) in [5.41, 5.74) is 5.11. The van der Waals surface area contributed by atoms with Gasteiger partial charge in [-0.1, -0.05) is 60.7 Å². The molecule has 1 amide bonds. The predicted molar refractivity (Wildman–Crippen MR) is 134 cm³/mol. The highest BCUT2D eigenvalue weighted by atomic mass is 16.4. The Bertz CT molecular complexity index is 1520. The van der Waals surface area contributed by atoms with Crippen molar-refractivity contribution in [3.63, 3.8) is 0 Å². The Morgan fingerprint density at radius 2 is 1.65 bits per heavy atom. The fourth-order valence-electron chi connectivity index (χ4n) is 4.46. The number of rotatable bonds is 7. The molecule has 6 nitrogen and oxygen atoms in total. The number of carboxylic acids is 1. The topological polar surface area (TPSA) is 75.4 Å². The van der Waals surface area contributed by atoms with Crippen molar-refractivity contribution < 1.29 is 14.7 Å². The number of benzene rings is 4. The minimum atomic E-state index is -0.905. The summed E-state index contributed by atoms with van der Waals surface area (Å²) in [6, 6.07) is 27.5. The van der Waals surface area contributed by atoms with Crippen LogP contribution in [0.5, 0.6) is 0 Å². The van der Waals surface area contributed by atoms with E-state index in [1.807, 2.05) is 84.4 Å². The van der Waals surface area contributed by atoms with Gasteiger partial charge in [-0.3, -0.25) is 19.2 Å². The molecule has 1 heterocycles. The van der Waals surface area contributed by atoms with Gasteiger partial charge in [0.1, 0.15) is 0 Å². The monoisotopic (exact) mass is 449 g/mol. The molecule has 1 aromatic heterocycles. The normalized spacial score (nSPS) is 11.1. The van der Waals surface area contributed by atoms with Crippen molar-refractivity contribution in [1.82, 2.24) is 9.78 Å². The van der Waals surface area contributed by atoms with Crippen molar-refractivity contribution in [3.05, 3.63) is 102 Å². The lowest BCUT2D eigenvalue weighted by Gasteiger charge is -2.21. The van der Waals surface area contributed by atoms with Crippen LogP contribution in [-0.2, 0) is 22.6 Å². The van der Waals surface area contributed by atoms with Crippen LogP contribution in [0.3, 0.4) is 0 Å². The highest BCUT2D eigenvalue weighted by Crippen LogP contribution is 2.32. The average Bonchev–Trinajstić information content (AvgIpc) is 3.18. The fraction of sp³-hybridized carbons (Fsp3) is 0.107. The lowest BCUT2D eigenvalue weighted by molar-refractivity contribution is -0.136. The molecule has 0 atom stereocenters. The fourth-order valence-corrected chi connectivity index (χ4v) is 4.46. The second-order valence-electron chi connectivity index (χ2n) is 8.26. The third-order valence-corrected chi connectivity index (χ3v) is 6.13. The van der Waals surface area contributed by atoms with E-state index in [2.05, 4.69) is 17.2 Å². The number of carbonyl (C=O) groups excluding carboxylic acids is 1. The molecule has 0 aliphatic carbocycles. The maximum absolute atomic E-state index is 12.1. The van der Waals surface area contributed by atoms with E-state index in [4.69, 9.17) is 0 Å². The van der Waals surface area contributed by atoms with E-state index >= 15 is 0 Å². The van der Waals surface area contributed by atoms with Crippen LogP contribution in [0.25, 0.3) is 21.7 Å². The minimum Gasteiger partial charge on any atom is -0.481 e. The molecule has 6 heteroatoms. The van der Waals surface area contributed by atoms with Crippen molar-refractivity contribution in [2.45, 2.75) is 19.9 Å². The van der Waals surface area contributed by atoms with Gasteiger partial charge in [0.2, 0.25) is 6.41 Å². The highest BCUT2D eigenvalue weighted by Gasteiger charge is 2.15. The number of nitrogens with zero attached hydrogens (tertiary/aromatic N) is 3. The Morgan fingerprint density at radius 3 is 2.38 bits per heavy atom. The van der Waals surface area contributed by atoms with Crippen LogP contribution in [0.15, 0.2) is 84.9 Å². The quantitative estimate of drug-likeness (QED) is 0.335. The first-order valence-corrected chi connectivity index (χ1v) is 11.0. The van der Waals surface area contributed by atoms with Crippen LogP contribution in [0, 0.1) is 6.92 Å². The molecule has 0 saturated heterocycles. The van der Waals surface area contributed by atoms with Gasteiger partial charge >= 0.3 is 5.97 Å². The van der Waals surface area contributed by atoms with E-state index in [1.54, 1.807) is 4.90 Å². The molecule has 0 aliphatic rings. The van der Waals surface area contributed by atoms with E-state index in [-0.39, 0.29) is 6.42 Å². The average molecular weight is 450 g/mol. The molecule has 168 valence electrons. The first-order valence-electron chi connectivity index (χ1n) is 11.0. The molecule has 0 spiro atoms. The zero-order chi connectivity index (χ0) is 23.7. The second-order valence-corrected chi connectivity index (χ2v) is 8.26. The molecule has 5 rings (SSSR count). The Balaban J connectivity index is 1.45. The van der Waals surface area contributed by atoms with Crippen molar-refractivity contribution in [2.75, 3.05) is 4.90 Å². The van der Waals surface area contributed by atoms with Crippen LogP contribution in [0.1, 0.15) is 16.8 Å². The molecular formula is C28H23N3O3. The number of aromatic nitrogens is 2. The Hall–Kier alpha value is -4.45. The van der Waals surface area contributed by atoms with Gasteiger partial charge in [0, 0.05) is 11.1 Å². The van der Waals surface area contributed by atoms with Gasteiger partial charge in [0.15, 0.2) is 0 Å². The Labute approximate surface area is 196 Å². The zero-order valence-corrected chi connectivity index (χ0v) is 18.7. The number of anilines is 2. The first kappa shape index (κ1) is 21.4. The van der Waals surface area contributed by atoms with Crippen molar-refractivity contribution in [2.24, 2.45) is 0 Å². The molecule has 0 aliphatic heterocycles. The highest BCUT2D eigenvalue weighted by molar-refractivity contribution is 5.96. The zero-order valence-electron chi connectivity index (χ0n) is 18.7. The molecule has 0 radical (unpaired) electrons. The Kier molecular flexibility index (Phi) is 5.55. The van der Waals surface area contributed by atoms with Gasteiger partial charge in [-0.05, 0) is 53.1 Å². The van der Waals surface area contributed by atoms with Gasteiger partial charge in [0.05, 0.1) is 29.9 Å². The molecule has 5 aromatic rings. The summed E-state index contributed by atoms with van der Waals surface area (Å²) < 4.78 is 1.83. The van der Waals surface area contributed by atoms with Crippen LogP contribution < -0.4 is 4.90 Å². The number of hydrogen-bond donors (Lipinski definition) is 1. The van der Waals surface area contributed by atoms with Gasteiger partial charge in [-0.25, -0.2) is 0 Å². The first-order chi connectivity index (χ1) is 16.5. The van der Waals surface area contributed by atoms with Crippen LogP contribution >= 0.6 is 0 Å². The number of amides is 1. The summed E-state index contributed by atoms with van der Waals surface area (Å²) in [7, 11) is 0. The van der Waals surface area contributed by atoms with E-state index in [1.165, 1.54) is 0 Å². The largest absolute Gasteiger partial charge is 0.481 e. The number of hydrogen-bond acceptors (Lipinski definition) is 3. The third-order valence-electron chi connectivity index (χ3n) is 6.13. The molecule has 0 unspecified atom stereocenters. The molecule has 1 N–H and O–H groups in total. The van der Waals surface area contributed by atoms with Crippen molar-refractivity contribution in [3.8, 4) is 0 Å². The minimum absolute atomic E-state index is 0.119.